The minimum absolute atomic E-state index is 0.137. The van der Waals surface area contributed by atoms with Crippen LogP contribution in [0.4, 0.5) is 0 Å². The highest BCUT2D eigenvalue weighted by molar-refractivity contribution is 5.84. The number of nitrogens with one attached hydrogen (secondary N) is 1. The largest absolute Gasteiger partial charge is 0.497 e. The summed E-state index contributed by atoms with van der Waals surface area (Å²) in [6.07, 6.45) is 0. The molecule has 1 aromatic carbocycles. The molecule has 1 amide bonds. The first-order valence-electron chi connectivity index (χ1n) is 6.88. The zero-order chi connectivity index (χ0) is 14.5. The van der Waals surface area contributed by atoms with E-state index in [2.05, 4.69) is 5.32 Å². The average molecular weight is 278 g/mol. The Kier molecular flexibility index (Phi) is 4.84. The number of rotatable bonds is 4. The Balaban J connectivity index is 2.22. The second kappa shape index (κ2) is 6.61. The Morgan fingerprint density at radius 2 is 1.95 bits per heavy atom. The Labute approximate surface area is 119 Å². The molecule has 1 fully saturated rings. The molecule has 1 heterocycles. The molecule has 0 aliphatic carbocycles. The van der Waals surface area contributed by atoms with Gasteiger partial charge in [-0.15, -0.1) is 0 Å². The molecule has 0 spiro atoms. The van der Waals surface area contributed by atoms with Crippen molar-refractivity contribution in [2.45, 2.75) is 12.8 Å². The molecule has 0 saturated carbocycles. The molecule has 0 bridgehead atoms. The number of ether oxygens (including phenoxy) is 2. The molecule has 5 nitrogen and oxygen atoms in total. The fourth-order valence-corrected chi connectivity index (χ4v) is 2.47. The summed E-state index contributed by atoms with van der Waals surface area (Å²) in [6, 6.07) is 5.56. The van der Waals surface area contributed by atoms with E-state index in [4.69, 9.17) is 9.47 Å². The first-order chi connectivity index (χ1) is 9.67. The molecule has 0 aromatic heterocycles. The number of amides is 1. The second-order valence-electron chi connectivity index (χ2n) is 4.90. The number of methoxy groups -OCH3 is 2. The van der Waals surface area contributed by atoms with Crippen LogP contribution in [0.15, 0.2) is 18.2 Å². The van der Waals surface area contributed by atoms with Crippen LogP contribution in [0.3, 0.4) is 0 Å². The van der Waals surface area contributed by atoms with E-state index in [1.165, 1.54) is 0 Å². The van der Waals surface area contributed by atoms with Crippen LogP contribution in [0.1, 0.15) is 18.4 Å². The van der Waals surface area contributed by atoms with Crippen molar-refractivity contribution in [2.75, 3.05) is 40.4 Å². The maximum atomic E-state index is 12.6. The summed E-state index contributed by atoms with van der Waals surface area (Å²) in [5.74, 6) is 1.36. The van der Waals surface area contributed by atoms with Crippen molar-refractivity contribution in [3.05, 3.63) is 23.8 Å². The summed E-state index contributed by atoms with van der Waals surface area (Å²) in [6.45, 7) is 5.15. The third kappa shape index (κ3) is 3.04. The molecule has 2 rings (SSSR count). The number of carbonyl (C=O) groups excluding carboxylic acids is 1. The predicted molar refractivity (Wildman–Crippen MR) is 77.4 cm³/mol. The lowest BCUT2D eigenvalue weighted by Gasteiger charge is -2.30. The highest BCUT2D eigenvalue weighted by Crippen LogP contribution is 2.31. The Hall–Kier alpha value is -1.75. The van der Waals surface area contributed by atoms with E-state index in [0.29, 0.717) is 0 Å². The van der Waals surface area contributed by atoms with Crippen molar-refractivity contribution in [3.63, 3.8) is 0 Å². The van der Waals surface area contributed by atoms with Crippen LogP contribution in [-0.4, -0.2) is 51.2 Å². The van der Waals surface area contributed by atoms with Gasteiger partial charge in [-0.2, -0.15) is 0 Å². The third-order valence-corrected chi connectivity index (χ3v) is 3.70. The first-order valence-corrected chi connectivity index (χ1v) is 6.88. The molecule has 5 heteroatoms. The van der Waals surface area contributed by atoms with Gasteiger partial charge in [-0.25, -0.2) is 0 Å². The standard InChI is InChI=1S/C15H22N2O3/c1-11(15(18)17-8-6-16-7-9-17)13-10-12(19-2)4-5-14(13)20-3/h4-5,10-11,16H,6-9H2,1-3H3. The van der Waals surface area contributed by atoms with Crippen LogP contribution in [-0.2, 0) is 4.79 Å². The maximum Gasteiger partial charge on any atom is 0.230 e. The van der Waals surface area contributed by atoms with Crippen LogP contribution in [0.25, 0.3) is 0 Å². The van der Waals surface area contributed by atoms with Crippen molar-refractivity contribution in [2.24, 2.45) is 0 Å². The maximum absolute atomic E-state index is 12.6. The van der Waals surface area contributed by atoms with E-state index in [-0.39, 0.29) is 11.8 Å². The quantitative estimate of drug-likeness (QED) is 0.900. The number of carbonyl (C=O) groups is 1. The lowest BCUT2D eigenvalue weighted by atomic mass is 9.98. The molecule has 1 atom stereocenters. The SMILES string of the molecule is COc1ccc(OC)c(C(C)C(=O)N2CCNCC2)c1. The van der Waals surface area contributed by atoms with Crippen molar-refractivity contribution in [1.29, 1.82) is 0 Å². The van der Waals surface area contributed by atoms with Gasteiger partial charge in [0.25, 0.3) is 0 Å². The van der Waals surface area contributed by atoms with Gasteiger partial charge in [0.1, 0.15) is 11.5 Å². The molecule has 1 saturated heterocycles. The molecule has 1 aliphatic rings. The monoisotopic (exact) mass is 278 g/mol. The molecule has 1 N–H and O–H groups in total. The summed E-state index contributed by atoms with van der Waals surface area (Å²) < 4.78 is 10.6. The van der Waals surface area contributed by atoms with E-state index in [9.17, 15) is 4.79 Å². The number of piperazine rings is 1. The van der Waals surface area contributed by atoms with Gasteiger partial charge in [0, 0.05) is 31.7 Å². The zero-order valence-electron chi connectivity index (χ0n) is 12.3. The summed E-state index contributed by atoms with van der Waals surface area (Å²) in [4.78, 5) is 14.5. The van der Waals surface area contributed by atoms with E-state index in [1.54, 1.807) is 14.2 Å². The van der Waals surface area contributed by atoms with Gasteiger partial charge in [-0.3, -0.25) is 4.79 Å². The van der Waals surface area contributed by atoms with Crippen molar-refractivity contribution in [3.8, 4) is 11.5 Å². The lowest BCUT2D eigenvalue weighted by molar-refractivity contribution is -0.133. The highest BCUT2D eigenvalue weighted by Gasteiger charge is 2.25. The summed E-state index contributed by atoms with van der Waals surface area (Å²) in [5.41, 5.74) is 0.871. The first kappa shape index (κ1) is 14.7. The lowest BCUT2D eigenvalue weighted by Crippen LogP contribution is -2.47. The summed E-state index contributed by atoms with van der Waals surface area (Å²) >= 11 is 0. The molecular formula is C15H22N2O3. The van der Waals surface area contributed by atoms with E-state index >= 15 is 0 Å². The number of hydrogen-bond donors (Lipinski definition) is 1. The topological polar surface area (TPSA) is 50.8 Å². The van der Waals surface area contributed by atoms with Gasteiger partial charge in [-0.1, -0.05) is 0 Å². The molecule has 20 heavy (non-hydrogen) atoms. The van der Waals surface area contributed by atoms with E-state index in [0.717, 1.165) is 43.2 Å². The normalized spacial score (nSPS) is 16.6. The Morgan fingerprint density at radius 1 is 1.25 bits per heavy atom. The van der Waals surface area contributed by atoms with Gasteiger partial charge in [0.05, 0.1) is 20.1 Å². The highest BCUT2D eigenvalue weighted by atomic mass is 16.5. The van der Waals surface area contributed by atoms with Crippen LogP contribution in [0.2, 0.25) is 0 Å². The predicted octanol–water partition coefficient (Wildman–Crippen LogP) is 1.24. The molecule has 0 radical (unpaired) electrons. The van der Waals surface area contributed by atoms with Gasteiger partial charge < -0.3 is 19.7 Å². The van der Waals surface area contributed by atoms with Gasteiger partial charge in [-0.05, 0) is 25.1 Å². The van der Waals surface area contributed by atoms with Crippen LogP contribution >= 0.6 is 0 Å². The molecule has 1 aliphatic heterocycles. The molecule has 1 unspecified atom stereocenters. The molecule has 1 aromatic rings. The van der Waals surface area contributed by atoms with E-state index in [1.807, 2.05) is 30.0 Å². The molecule has 110 valence electrons. The average Bonchev–Trinajstić information content (AvgIpc) is 2.53. The van der Waals surface area contributed by atoms with Crippen LogP contribution in [0.5, 0.6) is 11.5 Å². The van der Waals surface area contributed by atoms with Crippen LogP contribution < -0.4 is 14.8 Å². The smallest absolute Gasteiger partial charge is 0.230 e. The minimum atomic E-state index is -0.238. The molecular weight excluding hydrogens is 256 g/mol. The fraction of sp³-hybridized carbons (Fsp3) is 0.533. The Bertz CT molecular complexity index is 470. The zero-order valence-corrected chi connectivity index (χ0v) is 12.3. The van der Waals surface area contributed by atoms with Crippen molar-refractivity contribution < 1.29 is 14.3 Å². The fourth-order valence-electron chi connectivity index (χ4n) is 2.47. The van der Waals surface area contributed by atoms with Gasteiger partial charge >= 0.3 is 0 Å². The Morgan fingerprint density at radius 3 is 2.55 bits per heavy atom. The summed E-state index contributed by atoms with van der Waals surface area (Å²) in [5, 5.41) is 3.25. The van der Waals surface area contributed by atoms with Gasteiger partial charge in [0.2, 0.25) is 5.91 Å². The number of benzene rings is 1. The van der Waals surface area contributed by atoms with Crippen molar-refractivity contribution in [1.82, 2.24) is 10.2 Å². The number of nitrogens with zero attached hydrogens (tertiary/aromatic N) is 1. The van der Waals surface area contributed by atoms with E-state index < -0.39 is 0 Å². The van der Waals surface area contributed by atoms with Gasteiger partial charge in [0.15, 0.2) is 0 Å². The number of hydrogen-bond acceptors (Lipinski definition) is 4. The van der Waals surface area contributed by atoms with Crippen LogP contribution in [0, 0.1) is 0 Å². The van der Waals surface area contributed by atoms with Crippen molar-refractivity contribution >= 4 is 5.91 Å². The third-order valence-electron chi connectivity index (χ3n) is 3.70. The summed E-state index contributed by atoms with van der Waals surface area (Å²) in [7, 11) is 3.24. The second-order valence-corrected chi connectivity index (χ2v) is 4.90. The minimum Gasteiger partial charge on any atom is -0.497 e.